The van der Waals surface area contributed by atoms with Crippen molar-refractivity contribution in [3.8, 4) is 22.5 Å². The maximum Gasteiger partial charge on any atom is 0.0948 e. The van der Waals surface area contributed by atoms with E-state index in [4.69, 9.17) is 0 Å². The third kappa shape index (κ3) is 3.71. The second-order valence-corrected chi connectivity index (χ2v) is 16.3. The van der Waals surface area contributed by atoms with E-state index in [1.165, 1.54) is 102 Å². The highest BCUT2D eigenvalue weighted by Gasteiger charge is 2.25. The molecule has 3 aromatic heterocycles. The minimum atomic E-state index is 1.16. The fourth-order valence-electron chi connectivity index (χ4n) is 9.15. The van der Waals surface area contributed by atoms with Crippen molar-refractivity contribution in [3.05, 3.63) is 170 Å². The Morgan fingerprint density at radius 3 is 1.30 bits per heavy atom. The summed E-state index contributed by atoms with van der Waals surface area (Å²) in [5, 5.41) is 2.55. The topological polar surface area (TPSA) is 18.7 Å². The lowest BCUT2D eigenvalue weighted by Crippen LogP contribution is -2.13. The Hall–Kier alpha value is -6.60. The third-order valence-electron chi connectivity index (χ3n) is 11.4. The lowest BCUT2D eigenvalue weighted by atomic mass is 10.0. The average Bonchev–Trinajstić information content (AvgIpc) is 3.57. The monoisotopic (exact) mass is 724 g/mol. The van der Waals surface area contributed by atoms with Gasteiger partial charge in [-0.1, -0.05) is 84.9 Å². The highest BCUT2D eigenvalue weighted by molar-refractivity contribution is 7.25. The molecular formula is C48H28N4S2. The Labute approximate surface area is 316 Å². The molecule has 0 saturated heterocycles. The molecule has 0 bridgehead atoms. The molecule has 0 radical (unpaired) electrons. The van der Waals surface area contributed by atoms with Crippen LogP contribution in [0.3, 0.4) is 0 Å². The summed E-state index contributed by atoms with van der Waals surface area (Å²) >= 11 is 3.73. The predicted molar refractivity (Wildman–Crippen MR) is 231 cm³/mol. The van der Waals surface area contributed by atoms with Gasteiger partial charge in [-0.2, -0.15) is 0 Å². The van der Waals surface area contributed by atoms with E-state index in [-0.39, 0.29) is 0 Å². The van der Waals surface area contributed by atoms with E-state index in [9.17, 15) is 0 Å². The summed E-state index contributed by atoms with van der Waals surface area (Å²) < 4.78 is 15.1. The summed E-state index contributed by atoms with van der Waals surface area (Å²) in [5.41, 5.74) is 16.9. The largest absolute Gasteiger partial charge is 0.309 e. The summed E-state index contributed by atoms with van der Waals surface area (Å²) in [5.74, 6) is 0. The van der Waals surface area contributed by atoms with Gasteiger partial charge in [0.25, 0.3) is 0 Å². The number of benzene rings is 8. The van der Waals surface area contributed by atoms with Crippen molar-refractivity contribution in [2.24, 2.45) is 0 Å². The minimum Gasteiger partial charge on any atom is -0.309 e. The summed E-state index contributed by atoms with van der Waals surface area (Å²) in [6.45, 7) is 0. The molecule has 4 nitrogen and oxygen atoms in total. The smallest absolute Gasteiger partial charge is 0.0948 e. The van der Waals surface area contributed by atoms with Crippen LogP contribution in [0.2, 0.25) is 0 Å². The van der Waals surface area contributed by atoms with E-state index in [1.807, 2.05) is 22.7 Å². The maximum absolute atomic E-state index is 2.54. The molecule has 6 heteroatoms. The van der Waals surface area contributed by atoms with Crippen molar-refractivity contribution in [3.63, 3.8) is 0 Å². The molecule has 0 unspecified atom stereocenters. The summed E-state index contributed by atoms with van der Waals surface area (Å²) in [6, 6.07) is 62.8. The van der Waals surface area contributed by atoms with Gasteiger partial charge in [0.05, 0.1) is 79.7 Å². The van der Waals surface area contributed by atoms with Gasteiger partial charge < -0.3 is 17.9 Å². The molecule has 8 aromatic carbocycles. The highest BCUT2D eigenvalue weighted by atomic mass is 32.1. The number of hydrogen-bond acceptors (Lipinski definition) is 2. The van der Waals surface area contributed by atoms with E-state index in [2.05, 4.69) is 188 Å². The average molecular weight is 725 g/mol. The molecule has 0 N–H and O–H groups in total. The van der Waals surface area contributed by atoms with Gasteiger partial charge in [-0.3, -0.25) is 0 Å². The molecule has 0 aliphatic carbocycles. The van der Waals surface area contributed by atoms with Crippen molar-refractivity contribution >= 4 is 107 Å². The van der Waals surface area contributed by atoms with Gasteiger partial charge in [0.1, 0.15) is 0 Å². The Morgan fingerprint density at radius 2 is 0.759 bits per heavy atom. The number of para-hydroxylation sites is 6. The second-order valence-electron chi connectivity index (χ2n) is 14.2. The van der Waals surface area contributed by atoms with Crippen molar-refractivity contribution < 1.29 is 0 Å². The van der Waals surface area contributed by atoms with Gasteiger partial charge in [-0.15, -0.1) is 22.7 Å². The van der Waals surface area contributed by atoms with Crippen LogP contribution < -0.4 is 0 Å². The molecule has 11 aromatic rings. The predicted octanol–water partition coefficient (Wildman–Crippen LogP) is 13.6. The number of hydrogen-bond donors (Lipinski definition) is 0. The molecule has 0 amide bonds. The van der Waals surface area contributed by atoms with E-state index in [1.54, 1.807) is 0 Å². The number of nitrogens with zero attached hydrogens (tertiary/aromatic N) is 4. The molecule has 5 heterocycles. The standard InChI is InChI=1S/C48H28N4S2/c1-3-13-34-32(11-1)33-12-2-4-14-35(33)49(34)31-25-23-29(24-26-31)30-27-40-46-41(28-30)51-37-16-6-8-20-43(37)54-45-22-10-18-39(48(45)51)52(46)38-17-9-21-44-47(38)50(40)36-15-5-7-19-42(36)53-44/h1-28H. The number of rotatable bonds is 2. The minimum absolute atomic E-state index is 1.16. The van der Waals surface area contributed by atoms with Crippen LogP contribution in [0.4, 0.5) is 0 Å². The summed E-state index contributed by atoms with van der Waals surface area (Å²) in [4.78, 5) is 0. The van der Waals surface area contributed by atoms with Crippen LogP contribution in [-0.2, 0) is 0 Å². The normalized spacial score (nSPS) is 12.4. The van der Waals surface area contributed by atoms with Gasteiger partial charge in [0, 0.05) is 16.5 Å². The van der Waals surface area contributed by atoms with Crippen LogP contribution in [0.15, 0.2) is 170 Å². The van der Waals surface area contributed by atoms with Crippen molar-refractivity contribution in [2.45, 2.75) is 0 Å². The Bertz CT molecular complexity index is 3460. The summed E-state index contributed by atoms with van der Waals surface area (Å²) in [7, 11) is 0. The first-order chi connectivity index (χ1) is 26.8. The Kier molecular flexibility index (Phi) is 5.63. The zero-order valence-electron chi connectivity index (χ0n) is 28.8. The van der Waals surface area contributed by atoms with Crippen LogP contribution in [-0.4, -0.2) is 17.9 Å². The van der Waals surface area contributed by atoms with Crippen LogP contribution in [0, 0.1) is 0 Å². The van der Waals surface area contributed by atoms with Crippen molar-refractivity contribution in [2.75, 3.05) is 0 Å². The quantitative estimate of drug-likeness (QED) is 0.125. The second kappa shape index (κ2) is 10.5. The maximum atomic E-state index is 2.54. The van der Waals surface area contributed by atoms with Crippen molar-refractivity contribution in [1.29, 1.82) is 0 Å². The van der Waals surface area contributed by atoms with E-state index in [0.29, 0.717) is 0 Å². The Balaban J connectivity index is 1.20. The lowest BCUT2D eigenvalue weighted by molar-refractivity contribution is 1.10. The van der Waals surface area contributed by atoms with Gasteiger partial charge in [0.15, 0.2) is 0 Å². The third-order valence-corrected chi connectivity index (χ3v) is 13.6. The lowest BCUT2D eigenvalue weighted by Gasteiger charge is -2.28. The molecule has 13 rings (SSSR count). The molecule has 0 fully saturated rings. The van der Waals surface area contributed by atoms with E-state index in [0.717, 1.165) is 5.69 Å². The molecular weight excluding hydrogens is 697 g/mol. The Morgan fingerprint density at radius 1 is 0.315 bits per heavy atom. The van der Waals surface area contributed by atoms with Gasteiger partial charge in [-0.25, -0.2) is 0 Å². The van der Waals surface area contributed by atoms with Crippen LogP contribution in [0.25, 0.3) is 107 Å². The highest BCUT2D eigenvalue weighted by Crippen LogP contribution is 2.45. The number of fused-ring (bicyclic) bond motifs is 11. The molecule has 0 spiro atoms. The molecule has 54 heavy (non-hydrogen) atoms. The molecule has 252 valence electrons. The first-order valence-electron chi connectivity index (χ1n) is 18.3. The molecule has 2 aliphatic heterocycles. The number of aromatic nitrogens is 4. The molecule has 0 atom stereocenters. The first kappa shape index (κ1) is 28.9. The molecule has 2 aliphatic rings. The SMILES string of the molecule is c1ccc2c(c1)sc1cccc3c1n2c1cc(-c2ccc(-n4c5ccccc5c5ccccc54)cc2)cc2c1-n3c1cccc3sc4ccccc4n2c31. The zero-order valence-corrected chi connectivity index (χ0v) is 30.4. The zero-order chi connectivity index (χ0) is 35.1. The van der Waals surface area contributed by atoms with Crippen LogP contribution >= 0.6 is 22.7 Å². The van der Waals surface area contributed by atoms with Crippen LogP contribution in [0.1, 0.15) is 0 Å². The van der Waals surface area contributed by atoms with E-state index >= 15 is 0 Å². The first-order valence-corrected chi connectivity index (χ1v) is 19.9. The van der Waals surface area contributed by atoms with E-state index < -0.39 is 0 Å². The van der Waals surface area contributed by atoms with Crippen LogP contribution in [0.5, 0.6) is 0 Å². The van der Waals surface area contributed by atoms with Crippen molar-refractivity contribution in [1.82, 2.24) is 17.9 Å². The van der Waals surface area contributed by atoms with Gasteiger partial charge >= 0.3 is 0 Å². The molecule has 0 saturated carbocycles. The van der Waals surface area contributed by atoms with Gasteiger partial charge in [0.2, 0.25) is 0 Å². The summed E-state index contributed by atoms with van der Waals surface area (Å²) in [6.07, 6.45) is 0. The fraction of sp³-hybridized carbons (Fsp3) is 0. The fourth-order valence-corrected chi connectivity index (χ4v) is 11.3. The van der Waals surface area contributed by atoms with Gasteiger partial charge in [-0.05, 0) is 96.1 Å².